The number of benzene rings is 1. The van der Waals surface area contributed by atoms with Gasteiger partial charge < -0.3 is 15.0 Å². The fourth-order valence-corrected chi connectivity index (χ4v) is 2.03. The molecule has 0 spiro atoms. The van der Waals surface area contributed by atoms with E-state index in [1.807, 2.05) is 6.20 Å². The molecule has 4 nitrogen and oxygen atoms in total. The average molecular weight is 273 g/mol. The highest BCUT2D eigenvalue weighted by Crippen LogP contribution is 2.21. The van der Waals surface area contributed by atoms with E-state index in [0.717, 1.165) is 24.6 Å². The predicted octanol–water partition coefficient (Wildman–Crippen LogP) is 2.94. The summed E-state index contributed by atoms with van der Waals surface area (Å²) >= 11 is 0. The molecule has 0 amide bonds. The number of nitrogens with one attached hydrogen (secondary N) is 2. The van der Waals surface area contributed by atoms with E-state index < -0.39 is 0 Å². The zero-order chi connectivity index (χ0) is 14.4. The summed E-state index contributed by atoms with van der Waals surface area (Å²) in [6.07, 6.45) is 1.89. The van der Waals surface area contributed by atoms with Gasteiger partial charge >= 0.3 is 0 Å². The van der Waals surface area contributed by atoms with Crippen LogP contribution in [0.2, 0.25) is 0 Å². The van der Waals surface area contributed by atoms with Crippen molar-refractivity contribution in [1.29, 1.82) is 0 Å². The molecule has 0 radical (unpaired) electrons. The molecule has 0 saturated carbocycles. The second kappa shape index (κ2) is 7.22. The second-order valence-corrected chi connectivity index (χ2v) is 5.19. The van der Waals surface area contributed by atoms with Crippen molar-refractivity contribution in [2.24, 2.45) is 0 Å². The maximum atomic E-state index is 4.99. The van der Waals surface area contributed by atoms with Crippen LogP contribution >= 0.6 is 0 Å². The van der Waals surface area contributed by atoms with Gasteiger partial charge in [-0.3, -0.25) is 0 Å². The number of hydrogen-bond donors (Lipinski definition) is 2. The first-order chi connectivity index (χ1) is 9.70. The highest BCUT2D eigenvalue weighted by atomic mass is 16.5. The van der Waals surface area contributed by atoms with E-state index in [2.05, 4.69) is 53.4 Å². The molecular weight excluding hydrogens is 250 g/mol. The lowest BCUT2D eigenvalue weighted by Gasteiger charge is -2.05. The van der Waals surface area contributed by atoms with Crippen molar-refractivity contribution in [3.05, 3.63) is 41.9 Å². The van der Waals surface area contributed by atoms with Crippen LogP contribution in [-0.2, 0) is 11.3 Å². The molecule has 0 aliphatic heterocycles. The molecule has 108 valence electrons. The minimum absolute atomic E-state index is 0.561. The van der Waals surface area contributed by atoms with E-state index in [0.29, 0.717) is 12.5 Å². The van der Waals surface area contributed by atoms with Crippen molar-refractivity contribution in [1.82, 2.24) is 15.3 Å². The van der Waals surface area contributed by atoms with Crippen molar-refractivity contribution >= 4 is 0 Å². The molecule has 1 aromatic carbocycles. The van der Waals surface area contributed by atoms with Gasteiger partial charge in [0.25, 0.3) is 0 Å². The third-order valence-electron chi connectivity index (χ3n) is 3.29. The second-order valence-electron chi connectivity index (χ2n) is 5.19. The molecule has 0 bridgehead atoms. The molecule has 2 rings (SSSR count). The third kappa shape index (κ3) is 3.92. The van der Waals surface area contributed by atoms with E-state index in [1.54, 1.807) is 7.11 Å². The quantitative estimate of drug-likeness (QED) is 0.763. The molecule has 20 heavy (non-hydrogen) atoms. The first-order valence-electron chi connectivity index (χ1n) is 7.04. The largest absolute Gasteiger partial charge is 0.383 e. The Kier molecular flexibility index (Phi) is 5.32. The van der Waals surface area contributed by atoms with Crippen LogP contribution in [0, 0.1) is 0 Å². The Labute approximate surface area is 120 Å². The fourth-order valence-electron chi connectivity index (χ4n) is 2.03. The van der Waals surface area contributed by atoms with Gasteiger partial charge in [-0.25, -0.2) is 4.98 Å². The number of nitrogens with zero attached hydrogens (tertiary/aromatic N) is 1. The first-order valence-corrected chi connectivity index (χ1v) is 7.04. The molecule has 2 N–H and O–H groups in total. The van der Waals surface area contributed by atoms with Gasteiger partial charge in [-0.15, -0.1) is 0 Å². The molecule has 0 fully saturated rings. The summed E-state index contributed by atoms with van der Waals surface area (Å²) in [5, 5.41) is 3.27. The summed E-state index contributed by atoms with van der Waals surface area (Å²) in [5.41, 5.74) is 3.59. The monoisotopic (exact) mass is 273 g/mol. The topological polar surface area (TPSA) is 49.9 Å². The van der Waals surface area contributed by atoms with Gasteiger partial charge in [0.2, 0.25) is 0 Å². The maximum Gasteiger partial charge on any atom is 0.120 e. The average Bonchev–Trinajstić information content (AvgIpc) is 2.92. The van der Waals surface area contributed by atoms with Gasteiger partial charge in [0, 0.05) is 13.7 Å². The van der Waals surface area contributed by atoms with Gasteiger partial charge in [-0.1, -0.05) is 38.1 Å². The lowest BCUT2D eigenvalue weighted by atomic mass is 10.0. The SMILES string of the molecule is COCCNCc1ncc(-c2ccc(C(C)C)cc2)[nH]1. The highest BCUT2D eigenvalue weighted by molar-refractivity contribution is 5.58. The summed E-state index contributed by atoms with van der Waals surface area (Å²) < 4.78 is 4.99. The molecule has 0 aliphatic rings. The summed E-state index contributed by atoms with van der Waals surface area (Å²) in [7, 11) is 1.70. The van der Waals surface area contributed by atoms with Gasteiger partial charge in [-0.05, 0) is 17.0 Å². The summed E-state index contributed by atoms with van der Waals surface area (Å²) in [4.78, 5) is 7.73. The zero-order valence-electron chi connectivity index (χ0n) is 12.4. The van der Waals surface area contributed by atoms with Crippen molar-refractivity contribution in [2.45, 2.75) is 26.3 Å². The Morgan fingerprint density at radius 1 is 1.25 bits per heavy atom. The van der Waals surface area contributed by atoms with Crippen LogP contribution in [0.4, 0.5) is 0 Å². The van der Waals surface area contributed by atoms with E-state index in [-0.39, 0.29) is 0 Å². The number of aromatic amines is 1. The number of rotatable bonds is 7. The summed E-state index contributed by atoms with van der Waals surface area (Å²) in [5.74, 6) is 1.51. The smallest absolute Gasteiger partial charge is 0.120 e. The van der Waals surface area contributed by atoms with Gasteiger partial charge in [-0.2, -0.15) is 0 Å². The van der Waals surface area contributed by atoms with E-state index in [1.165, 1.54) is 11.1 Å². The van der Waals surface area contributed by atoms with Crippen LogP contribution in [-0.4, -0.2) is 30.2 Å². The molecular formula is C16H23N3O. The molecule has 0 aliphatic carbocycles. The molecule has 0 unspecified atom stereocenters. The van der Waals surface area contributed by atoms with Crippen LogP contribution in [0.25, 0.3) is 11.3 Å². The molecule has 4 heteroatoms. The number of imidazole rings is 1. The van der Waals surface area contributed by atoms with E-state index in [4.69, 9.17) is 4.74 Å². The van der Waals surface area contributed by atoms with Crippen molar-refractivity contribution in [2.75, 3.05) is 20.3 Å². The van der Waals surface area contributed by atoms with Crippen LogP contribution in [0.15, 0.2) is 30.5 Å². The van der Waals surface area contributed by atoms with Crippen molar-refractivity contribution in [3.8, 4) is 11.3 Å². The van der Waals surface area contributed by atoms with Crippen molar-refractivity contribution < 1.29 is 4.74 Å². The number of aromatic nitrogens is 2. The molecule has 0 atom stereocenters. The maximum absolute atomic E-state index is 4.99. The number of methoxy groups -OCH3 is 1. The lowest BCUT2D eigenvalue weighted by Crippen LogP contribution is -2.19. The van der Waals surface area contributed by atoms with Crippen LogP contribution in [0.1, 0.15) is 31.2 Å². The van der Waals surface area contributed by atoms with E-state index in [9.17, 15) is 0 Å². The van der Waals surface area contributed by atoms with Crippen LogP contribution in [0.3, 0.4) is 0 Å². The predicted molar refractivity (Wildman–Crippen MR) is 81.7 cm³/mol. The van der Waals surface area contributed by atoms with Gasteiger partial charge in [0.1, 0.15) is 5.82 Å². The highest BCUT2D eigenvalue weighted by Gasteiger charge is 2.04. The molecule has 0 saturated heterocycles. The fraction of sp³-hybridized carbons (Fsp3) is 0.438. The summed E-state index contributed by atoms with van der Waals surface area (Å²) in [6, 6.07) is 8.64. The minimum Gasteiger partial charge on any atom is -0.383 e. The Bertz CT molecular complexity index is 517. The lowest BCUT2D eigenvalue weighted by molar-refractivity contribution is 0.199. The normalized spacial score (nSPS) is 11.2. The minimum atomic E-state index is 0.561. The Hall–Kier alpha value is -1.65. The van der Waals surface area contributed by atoms with E-state index >= 15 is 0 Å². The Morgan fingerprint density at radius 2 is 2.00 bits per heavy atom. The number of hydrogen-bond acceptors (Lipinski definition) is 3. The third-order valence-corrected chi connectivity index (χ3v) is 3.29. The van der Waals surface area contributed by atoms with Gasteiger partial charge in [0.15, 0.2) is 0 Å². The standard InChI is InChI=1S/C16H23N3O/c1-12(2)13-4-6-14(7-5-13)15-10-18-16(19-15)11-17-8-9-20-3/h4-7,10,12,17H,8-9,11H2,1-3H3,(H,18,19). The molecule has 2 aromatic rings. The zero-order valence-corrected chi connectivity index (χ0v) is 12.4. The van der Waals surface area contributed by atoms with Crippen molar-refractivity contribution in [3.63, 3.8) is 0 Å². The first kappa shape index (κ1) is 14.8. The van der Waals surface area contributed by atoms with Gasteiger partial charge in [0.05, 0.1) is 25.0 Å². The van der Waals surface area contributed by atoms with Crippen LogP contribution in [0.5, 0.6) is 0 Å². The molecule has 1 heterocycles. The Balaban J connectivity index is 1.97. The Morgan fingerprint density at radius 3 is 2.65 bits per heavy atom. The van der Waals surface area contributed by atoms with Crippen LogP contribution < -0.4 is 5.32 Å². The summed E-state index contributed by atoms with van der Waals surface area (Å²) in [6.45, 7) is 6.68. The number of H-pyrrole nitrogens is 1. The number of ether oxygens (including phenoxy) is 1. The molecule has 1 aromatic heterocycles.